The summed E-state index contributed by atoms with van der Waals surface area (Å²) in [5.74, 6) is -0.252. The van der Waals surface area contributed by atoms with Crippen molar-refractivity contribution in [3.05, 3.63) is 12.4 Å². The first-order valence-electron chi connectivity index (χ1n) is 7.45. The molecule has 22 heavy (non-hydrogen) atoms. The van der Waals surface area contributed by atoms with Crippen LogP contribution in [0.15, 0.2) is 12.4 Å². The number of hydrogen-bond acceptors (Lipinski definition) is 5. The number of nitrogens with two attached hydrogens (primary N) is 1. The number of aromatic nitrogens is 2. The van der Waals surface area contributed by atoms with Gasteiger partial charge in [-0.3, -0.25) is 14.3 Å². The van der Waals surface area contributed by atoms with Crippen molar-refractivity contribution in [1.29, 1.82) is 0 Å². The van der Waals surface area contributed by atoms with Gasteiger partial charge in [0.2, 0.25) is 11.8 Å². The lowest BCUT2D eigenvalue weighted by Gasteiger charge is -2.40. The van der Waals surface area contributed by atoms with Crippen molar-refractivity contribution in [2.24, 2.45) is 12.8 Å². The van der Waals surface area contributed by atoms with Crippen LogP contribution < -0.4 is 10.6 Å². The molecule has 2 amide bonds. The number of piperazine rings is 1. The maximum atomic E-state index is 12.6. The van der Waals surface area contributed by atoms with Crippen molar-refractivity contribution >= 4 is 17.5 Å². The Morgan fingerprint density at radius 1 is 1.36 bits per heavy atom. The van der Waals surface area contributed by atoms with E-state index in [1.165, 1.54) is 0 Å². The summed E-state index contributed by atoms with van der Waals surface area (Å²) < 4.78 is 6.92. The van der Waals surface area contributed by atoms with Crippen LogP contribution in [-0.4, -0.2) is 64.9 Å². The van der Waals surface area contributed by atoms with Crippen LogP contribution in [0, 0.1) is 0 Å². The summed E-state index contributed by atoms with van der Waals surface area (Å²) in [6.45, 7) is 1.99. The van der Waals surface area contributed by atoms with Crippen LogP contribution in [0.3, 0.4) is 0 Å². The zero-order valence-corrected chi connectivity index (χ0v) is 12.7. The SMILES string of the molecule is Cn1cc(N2CCN(C(=O)C3(N)CCOCC3)CC2=O)cn1. The Labute approximate surface area is 128 Å². The van der Waals surface area contributed by atoms with Crippen molar-refractivity contribution in [2.45, 2.75) is 18.4 Å². The van der Waals surface area contributed by atoms with Crippen molar-refractivity contribution in [2.75, 3.05) is 37.7 Å². The Hall–Kier alpha value is -1.93. The van der Waals surface area contributed by atoms with Crippen LogP contribution in [-0.2, 0) is 21.4 Å². The third-order valence-corrected chi connectivity index (χ3v) is 4.32. The minimum atomic E-state index is -0.894. The third-order valence-electron chi connectivity index (χ3n) is 4.32. The number of amides is 2. The fourth-order valence-electron chi connectivity index (χ4n) is 2.93. The van der Waals surface area contributed by atoms with Gasteiger partial charge in [-0.1, -0.05) is 0 Å². The molecule has 1 aromatic heterocycles. The van der Waals surface area contributed by atoms with Gasteiger partial charge in [0.1, 0.15) is 6.54 Å². The largest absolute Gasteiger partial charge is 0.381 e. The Balaban J connectivity index is 1.67. The molecule has 0 aliphatic carbocycles. The van der Waals surface area contributed by atoms with Gasteiger partial charge in [0.25, 0.3) is 0 Å². The molecule has 8 nitrogen and oxygen atoms in total. The fourth-order valence-corrected chi connectivity index (χ4v) is 2.93. The summed E-state index contributed by atoms with van der Waals surface area (Å²) in [7, 11) is 1.80. The number of ether oxygens (including phenoxy) is 1. The van der Waals surface area contributed by atoms with E-state index in [2.05, 4.69) is 5.10 Å². The second-order valence-electron chi connectivity index (χ2n) is 5.91. The van der Waals surface area contributed by atoms with E-state index >= 15 is 0 Å². The second-order valence-corrected chi connectivity index (χ2v) is 5.91. The van der Waals surface area contributed by atoms with E-state index < -0.39 is 5.54 Å². The van der Waals surface area contributed by atoms with Gasteiger partial charge in [-0.2, -0.15) is 5.10 Å². The quantitative estimate of drug-likeness (QED) is 0.764. The van der Waals surface area contributed by atoms with Gasteiger partial charge in [-0.15, -0.1) is 0 Å². The van der Waals surface area contributed by atoms with Crippen LogP contribution in [0.2, 0.25) is 0 Å². The molecule has 0 bridgehead atoms. The lowest BCUT2D eigenvalue weighted by molar-refractivity contribution is -0.144. The predicted octanol–water partition coefficient (Wildman–Crippen LogP) is -0.897. The van der Waals surface area contributed by atoms with E-state index in [-0.39, 0.29) is 18.4 Å². The number of carbonyl (C=O) groups excluding carboxylic acids is 2. The van der Waals surface area contributed by atoms with Gasteiger partial charge in [-0.25, -0.2) is 0 Å². The van der Waals surface area contributed by atoms with Crippen molar-refractivity contribution in [3.8, 4) is 0 Å². The minimum absolute atomic E-state index is 0.0630. The van der Waals surface area contributed by atoms with Gasteiger partial charge in [0.05, 0.1) is 17.4 Å². The first kappa shape index (κ1) is 15.0. The summed E-state index contributed by atoms with van der Waals surface area (Å²) in [6, 6.07) is 0. The molecule has 2 N–H and O–H groups in total. The molecule has 2 fully saturated rings. The number of anilines is 1. The van der Waals surface area contributed by atoms with Gasteiger partial charge in [0.15, 0.2) is 0 Å². The predicted molar refractivity (Wildman–Crippen MR) is 79.1 cm³/mol. The Kier molecular flexibility index (Phi) is 3.88. The van der Waals surface area contributed by atoms with E-state index in [1.807, 2.05) is 0 Å². The normalized spacial score (nSPS) is 22.0. The molecule has 0 unspecified atom stereocenters. The molecular formula is C14H21N5O3. The average molecular weight is 307 g/mol. The van der Waals surface area contributed by atoms with Crippen LogP contribution in [0.5, 0.6) is 0 Å². The molecule has 0 spiro atoms. The minimum Gasteiger partial charge on any atom is -0.381 e. The highest BCUT2D eigenvalue weighted by molar-refractivity contribution is 5.99. The molecule has 0 atom stereocenters. The molecule has 2 aliphatic heterocycles. The molecule has 120 valence electrons. The number of aryl methyl sites for hydroxylation is 1. The van der Waals surface area contributed by atoms with E-state index in [4.69, 9.17) is 10.5 Å². The highest BCUT2D eigenvalue weighted by Gasteiger charge is 2.41. The maximum absolute atomic E-state index is 12.6. The molecule has 3 rings (SSSR count). The summed E-state index contributed by atoms with van der Waals surface area (Å²) in [6.07, 6.45) is 4.45. The molecule has 3 heterocycles. The molecule has 8 heteroatoms. The van der Waals surface area contributed by atoms with Crippen molar-refractivity contribution < 1.29 is 14.3 Å². The molecule has 1 aromatic rings. The van der Waals surface area contributed by atoms with Crippen LogP contribution in [0.4, 0.5) is 5.69 Å². The highest BCUT2D eigenvalue weighted by Crippen LogP contribution is 2.23. The molecule has 0 radical (unpaired) electrons. The first-order chi connectivity index (χ1) is 10.5. The lowest BCUT2D eigenvalue weighted by atomic mass is 9.89. The zero-order chi connectivity index (χ0) is 15.7. The van der Waals surface area contributed by atoms with E-state index in [9.17, 15) is 9.59 Å². The summed E-state index contributed by atoms with van der Waals surface area (Å²) in [5, 5.41) is 4.07. The molecule has 2 aliphatic rings. The molecule has 2 saturated heterocycles. The summed E-state index contributed by atoms with van der Waals surface area (Å²) in [5.41, 5.74) is 6.08. The number of rotatable bonds is 2. The zero-order valence-electron chi connectivity index (χ0n) is 12.7. The Morgan fingerprint density at radius 3 is 2.68 bits per heavy atom. The van der Waals surface area contributed by atoms with Crippen molar-refractivity contribution in [1.82, 2.24) is 14.7 Å². The van der Waals surface area contributed by atoms with Crippen LogP contribution in [0.25, 0.3) is 0 Å². The monoisotopic (exact) mass is 307 g/mol. The maximum Gasteiger partial charge on any atom is 0.246 e. The standard InChI is InChI=1S/C14H21N5O3/c1-17-9-11(8-16-17)19-5-4-18(10-12(19)20)13(21)14(15)2-6-22-7-3-14/h8-9H,2-7,10,15H2,1H3. The lowest BCUT2D eigenvalue weighted by Crippen LogP contribution is -2.62. The Morgan fingerprint density at radius 2 is 2.09 bits per heavy atom. The summed E-state index contributed by atoms with van der Waals surface area (Å²) in [4.78, 5) is 28.2. The van der Waals surface area contributed by atoms with E-state index in [1.54, 1.807) is 33.9 Å². The van der Waals surface area contributed by atoms with Crippen molar-refractivity contribution in [3.63, 3.8) is 0 Å². The fraction of sp³-hybridized carbons (Fsp3) is 0.643. The average Bonchev–Trinajstić information content (AvgIpc) is 2.93. The highest BCUT2D eigenvalue weighted by atomic mass is 16.5. The van der Waals surface area contributed by atoms with Crippen LogP contribution in [0.1, 0.15) is 12.8 Å². The first-order valence-corrected chi connectivity index (χ1v) is 7.45. The molecular weight excluding hydrogens is 286 g/mol. The van der Waals surface area contributed by atoms with Gasteiger partial charge < -0.3 is 20.3 Å². The van der Waals surface area contributed by atoms with Gasteiger partial charge in [-0.05, 0) is 12.8 Å². The molecule has 0 saturated carbocycles. The third kappa shape index (κ3) is 2.71. The smallest absolute Gasteiger partial charge is 0.246 e. The number of hydrogen-bond donors (Lipinski definition) is 1. The second kappa shape index (κ2) is 5.69. The van der Waals surface area contributed by atoms with E-state index in [0.29, 0.717) is 39.1 Å². The summed E-state index contributed by atoms with van der Waals surface area (Å²) >= 11 is 0. The van der Waals surface area contributed by atoms with Crippen LogP contribution >= 0.6 is 0 Å². The molecule has 0 aromatic carbocycles. The van der Waals surface area contributed by atoms with Gasteiger partial charge in [0, 0.05) is 39.5 Å². The topological polar surface area (TPSA) is 93.7 Å². The van der Waals surface area contributed by atoms with E-state index in [0.717, 1.165) is 5.69 Å². The Bertz CT molecular complexity index is 579. The van der Waals surface area contributed by atoms with Gasteiger partial charge >= 0.3 is 0 Å². The number of carbonyl (C=O) groups is 2. The number of nitrogens with zero attached hydrogens (tertiary/aromatic N) is 4.